The number of carbonyl (C=O) groups excluding carboxylic acids is 2. The summed E-state index contributed by atoms with van der Waals surface area (Å²) in [7, 11) is -3.94. The lowest BCUT2D eigenvalue weighted by Gasteiger charge is -2.48. The smallest absolute Gasteiger partial charge is 0.264 e. The molecule has 2 bridgehead atoms. The molecule has 10 nitrogen and oxygen atoms in total. The maximum absolute atomic E-state index is 14.5. The summed E-state index contributed by atoms with van der Waals surface area (Å²) in [6.45, 7) is 10.5. The first-order chi connectivity index (χ1) is 26.0. The van der Waals surface area contributed by atoms with Crippen LogP contribution in [0.3, 0.4) is 0 Å². The highest BCUT2D eigenvalue weighted by molar-refractivity contribution is 7.90. The summed E-state index contributed by atoms with van der Waals surface area (Å²) in [5, 5.41) is 0.000781. The van der Waals surface area contributed by atoms with Crippen LogP contribution in [-0.2, 0) is 31.4 Å². The second kappa shape index (κ2) is 14.0. The molecule has 8 atom stereocenters. The van der Waals surface area contributed by atoms with Crippen LogP contribution < -0.4 is 14.4 Å². The van der Waals surface area contributed by atoms with Gasteiger partial charge in [-0.15, -0.1) is 0 Å². The third kappa shape index (κ3) is 6.42. The number of morpholine rings is 1. The largest absolute Gasteiger partial charge is 0.490 e. The van der Waals surface area contributed by atoms with Crippen molar-refractivity contribution in [1.82, 2.24) is 14.5 Å². The van der Waals surface area contributed by atoms with Crippen molar-refractivity contribution in [3.8, 4) is 5.75 Å². The molecule has 12 heteroatoms. The minimum atomic E-state index is -3.94. The summed E-state index contributed by atoms with van der Waals surface area (Å²) in [4.78, 5) is 35.2. The zero-order valence-electron chi connectivity index (χ0n) is 31.7. The number of piperazine rings is 1. The summed E-state index contributed by atoms with van der Waals surface area (Å²) < 4.78 is 42.2. The van der Waals surface area contributed by atoms with Crippen LogP contribution in [0.2, 0.25) is 5.02 Å². The van der Waals surface area contributed by atoms with Crippen LogP contribution in [0, 0.1) is 29.1 Å². The van der Waals surface area contributed by atoms with Gasteiger partial charge in [0.1, 0.15) is 5.75 Å². The molecule has 2 aromatic rings. The van der Waals surface area contributed by atoms with E-state index in [9.17, 15) is 18.0 Å². The lowest BCUT2D eigenvalue weighted by molar-refractivity contribution is -0.140. The number of sulfonamides is 1. The predicted octanol–water partition coefficient (Wildman–Crippen LogP) is 5.66. The molecule has 292 valence electrons. The molecule has 1 N–H and O–H groups in total. The van der Waals surface area contributed by atoms with Crippen molar-refractivity contribution in [3.63, 3.8) is 0 Å². The number of hydrogen-bond acceptors (Lipinski definition) is 8. The normalized spacial score (nSPS) is 36.5. The Hall–Kier alpha value is -2.86. The molecule has 54 heavy (non-hydrogen) atoms. The number of nitrogens with one attached hydrogen (secondary N) is 1. The van der Waals surface area contributed by atoms with Gasteiger partial charge in [0.05, 0.1) is 36.8 Å². The molecular formula is C42H55ClN4O6S. The first-order valence-electron chi connectivity index (χ1n) is 20.4. The highest BCUT2D eigenvalue weighted by Gasteiger charge is 2.65. The fourth-order valence-electron chi connectivity index (χ4n) is 11.4. The molecule has 7 aliphatic rings. The van der Waals surface area contributed by atoms with E-state index in [1.54, 1.807) is 13.0 Å². The van der Waals surface area contributed by atoms with Crippen LogP contribution in [-0.4, -0.2) is 100 Å². The van der Waals surface area contributed by atoms with Crippen molar-refractivity contribution in [3.05, 3.63) is 58.1 Å². The van der Waals surface area contributed by atoms with Gasteiger partial charge in [-0.2, -0.15) is 0 Å². The fraction of sp³-hybridized carbons (Fsp3) is 0.667. The lowest BCUT2D eigenvalue weighted by atomic mass is 9.62. The van der Waals surface area contributed by atoms with Crippen molar-refractivity contribution in [1.29, 1.82) is 0 Å². The second-order valence-electron chi connectivity index (χ2n) is 17.8. The molecule has 2 saturated carbocycles. The van der Waals surface area contributed by atoms with Gasteiger partial charge in [-0.1, -0.05) is 31.0 Å². The molecule has 2 saturated heterocycles. The molecule has 2 spiro atoms. The van der Waals surface area contributed by atoms with Crippen molar-refractivity contribution in [2.24, 2.45) is 29.1 Å². The number of benzene rings is 2. The lowest BCUT2D eigenvalue weighted by Crippen LogP contribution is -2.59. The number of anilines is 1. The van der Waals surface area contributed by atoms with E-state index in [0.717, 1.165) is 114 Å². The Morgan fingerprint density at radius 3 is 2.70 bits per heavy atom. The van der Waals surface area contributed by atoms with Crippen molar-refractivity contribution in [2.75, 3.05) is 64.0 Å². The van der Waals surface area contributed by atoms with Crippen LogP contribution in [0.4, 0.5) is 5.69 Å². The van der Waals surface area contributed by atoms with Gasteiger partial charge in [-0.3, -0.25) is 14.5 Å². The zero-order valence-corrected chi connectivity index (χ0v) is 33.3. The Bertz CT molecular complexity index is 1930. The molecule has 4 fully saturated rings. The van der Waals surface area contributed by atoms with Crippen LogP contribution in [0.25, 0.3) is 0 Å². The maximum Gasteiger partial charge on any atom is 0.264 e. The van der Waals surface area contributed by atoms with E-state index in [-0.39, 0.29) is 28.7 Å². The summed E-state index contributed by atoms with van der Waals surface area (Å²) in [5.41, 5.74) is 3.35. The molecule has 2 amide bonds. The third-order valence-corrected chi connectivity index (χ3v) is 17.1. The van der Waals surface area contributed by atoms with Gasteiger partial charge in [0.2, 0.25) is 15.9 Å². The van der Waals surface area contributed by atoms with E-state index in [1.165, 1.54) is 11.1 Å². The minimum absolute atomic E-state index is 0.00339. The molecule has 0 aromatic heterocycles. The quantitative estimate of drug-likeness (QED) is 0.396. The van der Waals surface area contributed by atoms with Gasteiger partial charge in [0.15, 0.2) is 0 Å². The number of nitrogens with zero attached hydrogens (tertiary/aromatic N) is 3. The van der Waals surface area contributed by atoms with Crippen LogP contribution >= 0.6 is 11.6 Å². The SMILES string of the molecule is C[C@@H]1[C@@H](C)CCC[C@@]2(C[C@H]2C(=O)N2CCN3CCOC[C@H]3C2)[C@@H]2CC[C@H]2CN2C[C@@]3(CCCc4cc(Cl)ccc43)COc3ccc(cc32)C(=O)NS1(=O)=O. The number of fused-ring (bicyclic) bond motifs is 6. The summed E-state index contributed by atoms with van der Waals surface area (Å²) in [6.07, 6.45) is 8.60. The standard InChI is InChI=1S/C42H55ClN4O6S/c1-27-5-3-14-42(21-36(42)40(49)46-16-15-45-17-18-52-24-33(45)23-46)35-10-7-31(35)22-47-25-41(13-4-6-29-19-32(43)9-11-34(29)41)26-53-38-12-8-30(20-37(38)47)39(48)44-54(50,51)28(27)2/h8-9,11-12,19-20,27-28,31,33,35-36H,3-7,10,13-18,21-26H2,1-2H3,(H,44,48)/t27-,28+,31-,33+,35+,36-,41-,42+/m0/s1. The predicted molar refractivity (Wildman–Crippen MR) is 209 cm³/mol. The number of aryl methyl sites for hydroxylation is 1. The first-order valence-corrected chi connectivity index (χ1v) is 22.4. The molecule has 0 unspecified atom stereocenters. The molecule has 2 aromatic carbocycles. The molecular weight excluding hydrogens is 724 g/mol. The molecule has 9 rings (SSSR count). The van der Waals surface area contributed by atoms with E-state index in [4.69, 9.17) is 21.1 Å². The third-order valence-electron chi connectivity index (χ3n) is 14.9. The summed E-state index contributed by atoms with van der Waals surface area (Å²) in [6, 6.07) is 11.9. The van der Waals surface area contributed by atoms with Crippen molar-refractivity contribution in [2.45, 2.75) is 88.3 Å². The number of ether oxygens (including phenoxy) is 2. The zero-order chi connectivity index (χ0) is 37.4. The van der Waals surface area contributed by atoms with Gasteiger partial charge in [0.25, 0.3) is 5.91 Å². The monoisotopic (exact) mass is 778 g/mol. The van der Waals surface area contributed by atoms with Gasteiger partial charge in [0, 0.05) is 61.2 Å². The van der Waals surface area contributed by atoms with E-state index in [2.05, 4.69) is 31.6 Å². The molecule has 4 heterocycles. The average Bonchev–Trinajstić information content (AvgIpc) is 3.89. The Kier molecular flexibility index (Phi) is 9.50. The summed E-state index contributed by atoms with van der Waals surface area (Å²) in [5.74, 6) is 1.06. The Morgan fingerprint density at radius 1 is 1.00 bits per heavy atom. The highest BCUT2D eigenvalue weighted by Crippen LogP contribution is 2.68. The first kappa shape index (κ1) is 36.8. The number of rotatable bonds is 1. The van der Waals surface area contributed by atoms with E-state index < -0.39 is 21.2 Å². The van der Waals surface area contributed by atoms with Gasteiger partial charge in [-0.05, 0) is 123 Å². The Balaban J connectivity index is 1.07. The Labute approximate surface area is 325 Å². The highest BCUT2D eigenvalue weighted by atomic mass is 35.5. The molecule has 0 radical (unpaired) electrons. The number of hydrogen-bond donors (Lipinski definition) is 1. The molecule has 4 aliphatic heterocycles. The number of halogens is 1. The van der Waals surface area contributed by atoms with Crippen LogP contribution in [0.15, 0.2) is 36.4 Å². The van der Waals surface area contributed by atoms with Crippen LogP contribution in [0.1, 0.15) is 86.7 Å². The van der Waals surface area contributed by atoms with Gasteiger partial charge >= 0.3 is 0 Å². The van der Waals surface area contributed by atoms with E-state index in [1.807, 2.05) is 25.1 Å². The van der Waals surface area contributed by atoms with E-state index in [0.29, 0.717) is 42.3 Å². The summed E-state index contributed by atoms with van der Waals surface area (Å²) >= 11 is 6.50. The average molecular weight is 779 g/mol. The van der Waals surface area contributed by atoms with Gasteiger partial charge in [-0.25, -0.2) is 13.1 Å². The fourth-order valence-corrected chi connectivity index (χ4v) is 12.9. The van der Waals surface area contributed by atoms with E-state index >= 15 is 0 Å². The Morgan fingerprint density at radius 2 is 1.87 bits per heavy atom. The topological polar surface area (TPSA) is 108 Å². The maximum atomic E-state index is 14.5. The second-order valence-corrected chi connectivity index (χ2v) is 20.3. The van der Waals surface area contributed by atoms with Crippen molar-refractivity contribution >= 4 is 39.1 Å². The van der Waals surface area contributed by atoms with Gasteiger partial charge < -0.3 is 19.3 Å². The number of amides is 2. The van der Waals surface area contributed by atoms with Crippen molar-refractivity contribution < 1.29 is 27.5 Å². The number of carbonyl (C=O) groups is 2. The minimum Gasteiger partial charge on any atom is -0.490 e. The van der Waals surface area contributed by atoms with Crippen LogP contribution in [0.5, 0.6) is 5.75 Å². The molecule has 3 aliphatic carbocycles.